The van der Waals surface area contributed by atoms with Gasteiger partial charge in [0.2, 0.25) is 0 Å². The van der Waals surface area contributed by atoms with Crippen molar-refractivity contribution in [1.82, 2.24) is 9.88 Å². The van der Waals surface area contributed by atoms with Crippen LogP contribution in [0.5, 0.6) is 0 Å². The van der Waals surface area contributed by atoms with E-state index in [1.165, 1.54) is 0 Å². The van der Waals surface area contributed by atoms with Gasteiger partial charge in [-0.25, -0.2) is 0 Å². The quantitative estimate of drug-likeness (QED) is 0.813. The molecule has 0 aromatic carbocycles. The second kappa shape index (κ2) is 6.57. The molecule has 1 rings (SSSR count). The van der Waals surface area contributed by atoms with Crippen molar-refractivity contribution < 1.29 is 4.74 Å². The highest BCUT2D eigenvalue weighted by atomic mass is 16.5. The van der Waals surface area contributed by atoms with Gasteiger partial charge in [0.25, 0.3) is 5.56 Å². The van der Waals surface area contributed by atoms with Crippen LogP contribution >= 0.6 is 0 Å². The average Bonchev–Trinajstić information content (AvgIpc) is 2.30. The van der Waals surface area contributed by atoms with E-state index in [1.54, 1.807) is 7.11 Å². The molecule has 0 saturated carbocycles. The molecular formula is C13H22N2O2. The minimum atomic E-state index is 0.0857. The Morgan fingerprint density at radius 1 is 1.41 bits per heavy atom. The van der Waals surface area contributed by atoms with Gasteiger partial charge in [0.1, 0.15) is 0 Å². The lowest BCUT2D eigenvalue weighted by molar-refractivity contribution is 0.185. The van der Waals surface area contributed by atoms with E-state index in [4.69, 9.17) is 4.74 Å². The first-order valence-electron chi connectivity index (χ1n) is 5.98. The maximum absolute atomic E-state index is 12.3. The Morgan fingerprint density at radius 3 is 2.65 bits per heavy atom. The Labute approximate surface area is 103 Å². The highest BCUT2D eigenvalue weighted by molar-refractivity contribution is 5.18. The number of hydrogen-bond acceptors (Lipinski definition) is 3. The Balaban J connectivity index is 3.16. The number of nitrogens with zero attached hydrogens (tertiary/aromatic N) is 1. The van der Waals surface area contributed by atoms with Gasteiger partial charge in [-0.1, -0.05) is 19.9 Å². The topological polar surface area (TPSA) is 43.3 Å². The molecule has 0 fully saturated rings. The summed E-state index contributed by atoms with van der Waals surface area (Å²) in [7, 11) is 3.49. The molecule has 0 unspecified atom stereocenters. The standard InChI is InChI=1S/C13H22N2O2/c1-10(2)12-6-5-11(9-14-3)13(16)15(12)7-8-17-4/h5-6,10,14H,7-9H2,1-4H3. The van der Waals surface area contributed by atoms with Crippen molar-refractivity contribution in [3.63, 3.8) is 0 Å². The fraction of sp³-hybridized carbons (Fsp3) is 0.615. The summed E-state index contributed by atoms with van der Waals surface area (Å²) in [5.41, 5.74) is 1.95. The minimum Gasteiger partial charge on any atom is -0.383 e. The fourth-order valence-corrected chi connectivity index (χ4v) is 1.88. The van der Waals surface area contributed by atoms with E-state index in [0.717, 1.165) is 11.3 Å². The summed E-state index contributed by atoms with van der Waals surface area (Å²) in [4.78, 5) is 12.3. The van der Waals surface area contributed by atoms with Crippen molar-refractivity contribution in [3.8, 4) is 0 Å². The summed E-state index contributed by atoms with van der Waals surface area (Å²) < 4.78 is 6.88. The third kappa shape index (κ3) is 3.41. The Hall–Kier alpha value is -1.13. The Kier molecular flexibility index (Phi) is 5.38. The maximum atomic E-state index is 12.3. The van der Waals surface area contributed by atoms with E-state index >= 15 is 0 Å². The molecular weight excluding hydrogens is 216 g/mol. The summed E-state index contributed by atoms with van der Waals surface area (Å²) >= 11 is 0. The Morgan fingerprint density at radius 2 is 2.12 bits per heavy atom. The van der Waals surface area contributed by atoms with Crippen LogP contribution in [0.1, 0.15) is 31.0 Å². The molecule has 0 aliphatic rings. The van der Waals surface area contributed by atoms with E-state index < -0.39 is 0 Å². The zero-order chi connectivity index (χ0) is 12.8. The molecule has 0 radical (unpaired) electrons. The first kappa shape index (κ1) is 13.9. The SMILES string of the molecule is CNCc1ccc(C(C)C)n(CCOC)c1=O. The lowest BCUT2D eigenvalue weighted by Crippen LogP contribution is -2.30. The molecule has 4 heteroatoms. The van der Waals surface area contributed by atoms with Gasteiger partial charge < -0.3 is 14.6 Å². The van der Waals surface area contributed by atoms with Gasteiger partial charge in [-0.05, 0) is 19.0 Å². The van der Waals surface area contributed by atoms with Crippen LogP contribution in [-0.2, 0) is 17.8 Å². The monoisotopic (exact) mass is 238 g/mol. The second-order valence-electron chi connectivity index (χ2n) is 4.42. The van der Waals surface area contributed by atoms with Crippen LogP contribution in [0.25, 0.3) is 0 Å². The zero-order valence-corrected chi connectivity index (χ0v) is 11.1. The van der Waals surface area contributed by atoms with Crippen molar-refractivity contribution in [2.24, 2.45) is 0 Å². The van der Waals surface area contributed by atoms with Crippen molar-refractivity contribution in [3.05, 3.63) is 33.7 Å². The van der Waals surface area contributed by atoms with Gasteiger partial charge in [0.15, 0.2) is 0 Å². The van der Waals surface area contributed by atoms with Gasteiger partial charge in [-0.2, -0.15) is 0 Å². The smallest absolute Gasteiger partial charge is 0.255 e. The van der Waals surface area contributed by atoms with Crippen LogP contribution in [0, 0.1) is 0 Å². The third-order valence-electron chi connectivity index (χ3n) is 2.76. The van der Waals surface area contributed by atoms with Crippen molar-refractivity contribution in [2.75, 3.05) is 20.8 Å². The Bertz CT molecular complexity index is 410. The first-order chi connectivity index (χ1) is 8.11. The molecule has 1 N–H and O–H groups in total. The maximum Gasteiger partial charge on any atom is 0.255 e. The van der Waals surface area contributed by atoms with Crippen molar-refractivity contribution >= 4 is 0 Å². The number of aromatic nitrogens is 1. The van der Waals surface area contributed by atoms with Crippen LogP contribution in [0.3, 0.4) is 0 Å². The van der Waals surface area contributed by atoms with Gasteiger partial charge in [0.05, 0.1) is 6.61 Å². The lowest BCUT2D eigenvalue weighted by atomic mass is 10.1. The molecule has 0 atom stereocenters. The number of ether oxygens (including phenoxy) is 1. The molecule has 0 aliphatic heterocycles. The predicted molar refractivity (Wildman–Crippen MR) is 69.4 cm³/mol. The molecule has 1 heterocycles. The summed E-state index contributed by atoms with van der Waals surface area (Å²) in [5.74, 6) is 0.336. The third-order valence-corrected chi connectivity index (χ3v) is 2.76. The molecule has 0 aliphatic carbocycles. The van der Waals surface area contributed by atoms with Crippen LogP contribution in [0.2, 0.25) is 0 Å². The van der Waals surface area contributed by atoms with Crippen LogP contribution in [-0.4, -0.2) is 25.3 Å². The van der Waals surface area contributed by atoms with E-state index in [9.17, 15) is 4.79 Å². The molecule has 1 aromatic rings. The molecule has 17 heavy (non-hydrogen) atoms. The van der Waals surface area contributed by atoms with Gasteiger partial charge in [0, 0.05) is 31.5 Å². The van der Waals surface area contributed by atoms with Gasteiger partial charge in [-0.3, -0.25) is 4.79 Å². The highest BCUT2D eigenvalue weighted by Crippen LogP contribution is 2.13. The number of nitrogens with one attached hydrogen (secondary N) is 1. The van der Waals surface area contributed by atoms with E-state index in [0.29, 0.717) is 25.6 Å². The number of methoxy groups -OCH3 is 1. The van der Waals surface area contributed by atoms with Crippen LogP contribution < -0.4 is 10.9 Å². The summed E-state index contributed by atoms with van der Waals surface area (Å²) in [5, 5.41) is 3.01. The van der Waals surface area contributed by atoms with Crippen LogP contribution in [0.15, 0.2) is 16.9 Å². The highest BCUT2D eigenvalue weighted by Gasteiger charge is 2.10. The summed E-state index contributed by atoms with van der Waals surface area (Å²) in [6, 6.07) is 3.95. The number of hydrogen-bond donors (Lipinski definition) is 1. The number of pyridine rings is 1. The second-order valence-corrected chi connectivity index (χ2v) is 4.42. The minimum absolute atomic E-state index is 0.0857. The molecule has 0 bridgehead atoms. The zero-order valence-electron chi connectivity index (χ0n) is 11.1. The summed E-state index contributed by atoms with van der Waals surface area (Å²) in [6.45, 7) is 5.96. The molecule has 0 amide bonds. The summed E-state index contributed by atoms with van der Waals surface area (Å²) in [6.07, 6.45) is 0. The van der Waals surface area contributed by atoms with Crippen LogP contribution in [0.4, 0.5) is 0 Å². The van der Waals surface area contributed by atoms with E-state index in [1.807, 2.05) is 23.7 Å². The molecule has 96 valence electrons. The lowest BCUT2D eigenvalue weighted by Gasteiger charge is -2.16. The predicted octanol–water partition coefficient (Wildman–Crippen LogP) is 1.34. The van der Waals surface area contributed by atoms with Crippen molar-refractivity contribution in [1.29, 1.82) is 0 Å². The molecule has 4 nitrogen and oxygen atoms in total. The molecule has 1 aromatic heterocycles. The van der Waals surface area contributed by atoms with E-state index in [-0.39, 0.29) is 5.56 Å². The molecule has 0 spiro atoms. The first-order valence-corrected chi connectivity index (χ1v) is 5.98. The van der Waals surface area contributed by atoms with E-state index in [2.05, 4.69) is 19.2 Å². The van der Waals surface area contributed by atoms with Gasteiger partial charge in [-0.15, -0.1) is 0 Å². The average molecular weight is 238 g/mol. The normalized spacial score (nSPS) is 11.1. The largest absolute Gasteiger partial charge is 0.383 e. The van der Waals surface area contributed by atoms with Gasteiger partial charge >= 0.3 is 0 Å². The van der Waals surface area contributed by atoms with Crippen molar-refractivity contribution in [2.45, 2.75) is 32.9 Å². The fourth-order valence-electron chi connectivity index (χ4n) is 1.88. The molecule has 0 saturated heterocycles. The number of rotatable bonds is 6.